The van der Waals surface area contributed by atoms with Gasteiger partial charge >= 0.3 is 0 Å². The SMILES string of the molecule is O=[N+]([O-])c1ccc(S(=O)(=O)NC[C@H](c2ccco2)N2CCN(c3ccccc3)CC2)cc1. The third kappa shape index (κ3) is 4.98. The lowest BCUT2D eigenvalue weighted by atomic mass is 10.1. The maximum atomic E-state index is 12.8. The Morgan fingerprint density at radius 2 is 1.66 bits per heavy atom. The topological polar surface area (TPSA) is 109 Å². The number of hydrogen-bond donors (Lipinski definition) is 1. The van der Waals surface area contributed by atoms with E-state index in [1.165, 1.54) is 30.0 Å². The van der Waals surface area contributed by atoms with E-state index in [0.717, 1.165) is 26.2 Å². The van der Waals surface area contributed by atoms with E-state index >= 15 is 0 Å². The predicted octanol–water partition coefficient (Wildman–Crippen LogP) is 3.03. The Morgan fingerprint density at radius 3 is 2.25 bits per heavy atom. The van der Waals surface area contributed by atoms with Gasteiger partial charge in [0.2, 0.25) is 10.0 Å². The number of furan rings is 1. The molecule has 0 aliphatic carbocycles. The Morgan fingerprint density at radius 1 is 0.969 bits per heavy atom. The van der Waals surface area contributed by atoms with E-state index in [1.54, 1.807) is 12.3 Å². The van der Waals surface area contributed by atoms with Gasteiger partial charge in [-0.05, 0) is 36.4 Å². The van der Waals surface area contributed by atoms with Crippen LogP contribution in [-0.4, -0.2) is 51.0 Å². The molecule has 0 amide bonds. The fourth-order valence-corrected chi connectivity index (χ4v) is 4.88. The largest absolute Gasteiger partial charge is 0.468 e. The molecule has 4 rings (SSSR count). The summed E-state index contributed by atoms with van der Waals surface area (Å²) in [6.07, 6.45) is 1.58. The van der Waals surface area contributed by atoms with Gasteiger partial charge in [-0.3, -0.25) is 15.0 Å². The molecule has 1 aliphatic rings. The van der Waals surface area contributed by atoms with E-state index < -0.39 is 14.9 Å². The van der Waals surface area contributed by atoms with Gasteiger partial charge in [-0.15, -0.1) is 0 Å². The van der Waals surface area contributed by atoms with Crippen molar-refractivity contribution < 1.29 is 17.8 Å². The minimum atomic E-state index is -3.83. The number of piperazine rings is 1. The molecule has 9 nitrogen and oxygen atoms in total. The van der Waals surface area contributed by atoms with Crippen LogP contribution in [0.3, 0.4) is 0 Å². The molecule has 0 saturated carbocycles. The summed E-state index contributed by atoms with van der Waals surface area (Å²) in [5, 5.41) is 10.8. The van der Waals surface area contributed by atoms with E-state index in [4.69, 9.17) is 4.42 Å². The number of nitro groups is 1. The second kappa shape index (κ2) is 9.51. The van der Waals surface area contributed by atoms with Gasteiger partial charge in [-0.2, -0.15) is 0 Å². The standard InChI is InChI=1S/C22H24N4O5S/c27-26(28)19-8-10-20(11-9-19)32(29,30)23-17-21(22-7-4-16-31-22)25-14-12-24(13-15-25)18-5-2-1-3-6-18/h1-11,16,21,23H,12-15,17H2/t21-/m1/s1. The Kier molecular flexibility index (Phi) is 6.54. The number of benzene rings is 2. The highest BCUT2D eigenvalue weighted by molar-refractivity contribution is 7.89. The van der Waals surface area contributed by atoms with E-state index in [-0.39, 0.29) is 23.2 Å². The molecule has 168 valence electrons. The molecular formula is C22H24N4O5S. The zero-order chi connectivity index (χ0) is 22.6. The number of rotatable bonds is 8. The van der Waals surface area contributed by atoms with Crippen LogP contribution in [0.1, 0.15) is 11.8 Å². The van der Waals surface area contributed by atoms with Crippen LogP contribution in [0.2, 0.25) is 0 Å². The first-order valence-corrected chi connectivity index (χ1v) is 11.7. The third-order valence-corrected chi connectivity index (χ3v) is 7.01. The van der Waals surface area contributed by atoms with Crippen LogP contribution in [0.4, 0.5) is 11.4 Å². The maximum Gasteiger partial charge on any atom is 0.269 e. The zero-order valence-electron chi connectivity index (χ0n) is 17.3. The molecule has 2 aromatic carbocycles. The highest BCUT2D eigenvalue weighted by Crippen LogP contribution is 2.25. The minimum Gasteiger partial charge on any atom is -0.468 e. The molecular weight excluding hydrogens is 432 g/mol. The Hall–Kier alpha value is -3.21. The van der Waals surface area contributed by atoms with Gasteiger partial charge in [0, 0.05) is 50.5 Å². The van der Waals surface area contributed by atoms with E-state index in [9.17, 15) is 18.5 Å². The lowest BCUT2D eigenvalue weighted by Crippen LogP contribution is -2.49. The van der Waals surface area contributed by atoms with Crippen LogP contribution in [0.15, 0.2) is 82.3 Å². The third-order valence-electron chi connectivity index (χ3n) is 5.57. The molecule has 1 aliphatic heterocycles. The summed E-state index contributed by atoms with van der Waals surface area (Å²) < 4.78 is 33.8. The fourth-order valence-electron chi connectivity index (χ4n) is 3.84. The van der Waals surface area contributed by atoms with Gasteiger partial charge in [-0.25, -0.2) is 13.1 Å². The van der Waals surface area contributed by atoms with Crippen molar-refractivity contribution in [3.05, 3.63) is 88.9 Å². The number of para-hydroxylation sites is 1. The molecule has 3 aromatic rings. The summed E-state index contributed by atoms with van der Waals surface area (Å²) in [5.74, 6) is 0.685. The zero-order valence-corrected chi connectivity index (χ0v) is 18.1. The van der Waals surface area contributed by atoms with Crippen LogP contribution < -0.4 is 9.62 Å². The molecule has 0 radical (unpaired) electrons. The summed E-state index contributed by atoms with van der Waals surface area (Å²) in [7, 11) is -3.83. The Balaban J connectivity index is 1.44. The Labute approximate surface area is 186 Å². The number of nitro benzene ring substituents is 1. The van der Waals surface area contributed by atoms with E-state index in [2.05, 4.69) is 26.7 Å². The summed E-state index contributed by atoms with van der Waals surface area (Å²) in [4.78, 5) is 14.7. The van der Waals surface area contributed by atoms with Crippen LogP contribution >= 0.6 is 0 Å². The predicted molar refractivity (Wildman–Crippen MR) is 120 cm³/mol. The van der Waals surface area contributed by atoms with Crippen molar-refractivity contribution in [2.24, 2.45) is 0 Å². The average Bonchev–Trinajstić information content (AvgIpc) is 3.35. The quantitative estimate of drug-likeness (QED) is 0.410. The van der Waals surface area contributed by atoms with Crippen molar-refractivity contribution >= 4 is 21.4 Å². The summed E-state index contributed by atoms with van der Waals surface area (Å²) in [6.45, 7) is 3.25. The van der Waals surface area contributed by atoms with Crippen molar-refractivity contribution in [3.63, 3.8) is 0 Å². The lowest BCUT2D eigenvalue weighted by Gasteiger charge is -2.39. The molecule has 1 atom stereocenters. The maximum absolute atomic E-state index is 12.8. The Bertz CT molecular complexity index is 1130. The number of nitrogens with one attached hydrogen (secondary N) is 1. The molecule has 1 aromatic heterocycles. The number of hydrogen-bond acceptors (Lipinski definition) is 7. The van der Waals surface area contributed by atoms with Crippen molar-refractivity contribution in [2.45, 2.75) is 10.9 Å². The van der Waals surface area contributed by atoms with Gasteiger partial charge in [0.15, 0.2) is 0 Å². The molecule has 1 fully saturated rings. The van der Waals surface area contributed by atoms with Gasteiger partial charge in [0.05, 0.1) is 22.1 Å². The van der Waals surface area contributed by atoms with Crippen molar-refractivity contribution in [2.75, 3.05) is 37.6 Å². The number of sulfonamides is 1. The van der Waals surface area contributed by atoms with Gasteiger partial charge < -0.3 is 9.32 Å². The average molecular weight is 457 g/mol. The first-order chi connectivity index (χ1) is 15.4. The number of anilines is 1. The van der Waals surface area contributed by atoms with Crippen LogP contribution in [0, 0.1) is 10.1 Å². The highest BCUT2D eigenvalue weighted by Gasteiger charge is 2.28. The normalized spacial score (nSPS) is 16.1. The molecule has 0 bridgehead atoms. The minimum absolute atomic E-state index is 0.0183. The summed E-state index contributed by atoms with van der Waals surface area (Å²) in [5.41, 5.74) is 1.01. The van der Waals surface area contributed by atoms with Crippen LogP contribution in [-0.2, 0) is 10.0 Å². The van der Waals surface area contributed by atoms with Gasteiger partial charge in [0.25, 0.3) is 5.69 Å². The fraction of sp³-hybridized carbons (Fsp3) is 0.273. The van der Waals surface area contributed by atoms with Crippen LogP contribution in [0.25, 0.3) is 0 Å². The van der Waals surface area contributed by atoms with Crippen molar-refractivity contribution in [1.29, 1.82) is 0 Å². The summed E-state index contributed by atoms with van der Waals surface area (Å²) in [6, 6.07) is 18.4. The molecule has 0 unspecified atom stereocenters. The number of non-ortho nitro benzene ring substituents is 1. The molecule has 10 heteroatoms. The first-order valence-electron chi connectivity index (χ1n) is 10.3. The molecule has 32 heavy (non-hydrogen) atoms. The van der Waals surface area contributed by atoms with Crippen molar-refractivity contribution in [1.82, 2.24) is 9.62 Å². The summed E-state index contributed by atoms with van der Waals surface area (Å²) >= 11 is 0. The van der Waals surface area contributed by atoms with E-state index in [1.807, 2.05) is 24.3 Å². The van der Waals surface area contributed by atoms with Gasteiger partial charge in [-0.1, -0.05) is 18.2 Å². The highest BCUT2D eigenvalue weighted by atomic mass is 32.2. The second-order valence-corrected chi connectivity index (χ2v) is 9.26. The second-order valence-electron chi connectivity index (χ2n) is 7.49. The lowest BCUT2D eigenvalue weighted by molar-refractivity contribution is -0.384. The molecule has 1 N–H and O–H groups in total. The van der Waals surface area contributed by atoms with Gasteiger partial charge in [0.1, 0.15) is 5.76 Å². The molecule has 0 spiro atoms. The van der Waals surface area contributed by atoms with Crippen LogP contribution in [0.5, 0.6) is 0 Å². The molecule has 2 heterocycles. The first kappa shape index (κ1) is 22.0. The smallest absolute Gasteiger partial charge is 0.269 e. The molecule has 1 saturated heterocycles. The number of nitrogens with zero attached hydrogens (tertiary/aromatic N) is 3. The monoisotopic (exact) mass is 456 g/mol. The van der Waals surface area contributed by atoms with E-state index in [0.29, 0.717) is 5.76 Å². The van der Waals surface area contributed by atoms with Crippen molar-refractivity contribution in [3.8, 4) is 0 Å².